The van der Waals surface area contributed by atoms with Gasteiger partial charge in [0.25, 0.3) is 5.91 Å². The Morgan fingerprint density at radius 3 is 2.60 bits per heavy atom. The second-order valence-electron chi connectivity index (χ2n) is 12.4. The third kappa shape index (κ3) is 7.43. The number of rotatable bonds is 3. The summed E-state index contributed by atoms with van der Waals surface area (Å²) < 4.78 is 11.3. The smallest absolute Gasteiger partial charge is 0.325 e. The number of hydrogen-bond donors (Lipinski definition) is 3. The van der Waals surface area contributed by atoms with Crippen LogP contribution >= 0.6 is 0 Å². The number of nitrogens with one attached hydrogen (secondary N) is 3. The molecular weight excluding hydrogens is 546 g/mol. The molecule has 5 bridgehead atoms. The quantitative estimate of drug-likeness (QED) is 0.455. The maximum Gasteiger partial charge on any atom is 0.325 e. The van der Waals surface area contributed by atoms with Gasteiger partial charge < -0.3 is 20.1 Å². The van der Waals surface area contributed by atoms with Crippen molar-refractivity contribution in [2.75, 3.05) is 13.7 Å². The lowest BCUT2D eigenvalue weighted by Crippen LogP contribution is -2.60. The molecular formula is C33H45N5O5. The van der Waals surface area contributed by atoms with Crippen molar-refractivity contribution in [1.29, 1.82) is 0 Å². The number of aromatic nitrogens is 1. The van der Waals surface area contributed by atoms with E-state index in [0.29, 0.717) is 37.4 Å². The van der Waals surface area contributed by atoms with Crippen LogP contribution in [0.4, 0.5) is 0 Å². The first-order valence-corrected chi connectivity index (χ1v) is 15.0. The Balaban J connectivity index is 1.76. The highest BCUT2D eigenvalue weighted by Gasteiger charge is 2.34. The second-order valence-corrected chi connectivity index (χ2v) is 12.4. The van der Waals surface area contributed by atoms with Gasteiger partial charge in [0.05, 0.1) is 17.8 Å². The summed E-state index contributed by atoms with van der Waals surface area (Å²) in [7, 11) is 1.62. The number of hydrazine groups is 1. The maximum atomic E-state index is 13.4. The lowest BCUT2D eigenvalue weighted by Gasteiger charge is -2.35. The van der Waals surface area contributed by atoms with Crippen molar-refractivity contribution in [2.45, 2.75) is 85.2 Å². The van der Waals surface area contributed by atoms with Crippen LogP contribution < -0.4 is 16.1 Å². The maximum absolute atomic E-state index is 13.4. The third-order valence-electron chi connectivity index (χ3n) is 8.15. The van der Waals surface area contributed by atoms with Gasteiger partial charge in [-0.25, -0.2) is 10.4 Å². The number of esters is 1. The highest BCUT2D eigenvalue weighted by atomic mass is 16.5. The molecule has 10 nitrogen and oxygen atoms in total. The van der Waals surface area contributed by atoms with Crippen LogP contribution in [-0.4, -0.2) is 59.6 Å². The fourth-order valence-electron chi connectivity index (χ4n) is 5.31. The molecule has 2 aliphatic rings. The van der Waals surface area contributed by atoms with Crippen molar-refractivity contribution in [2.24, 2.45) is 11.3 Å². The van der Waals surface area contributed by atoms with Gasteiger partial charge in [-0.3, -0.25) is 19.4 Å². The Labute approximate surface area is 254 Å². The number of benzene rings is 1. The van der Waals surface area contributed by atoms with Crippen LogP contribution in [0.2, 0.25) is 0 Å². The number of nitrogens with zero attached hydrogens (tertiary/aromatic N) is 2. The summed E-state index contributed by atoms with van der Waals surface area (Å²) in [5.74, 6) is -1.17. The van der Waals surface area contributed by atoms with E-state index >= 15 is 0 Å². The van der Waals surface area contributed by atoms with Gasteiger partial charge in [-0.2, -0.15) is 0 Å². The minimum atomic E-state index is -0.814. The molecule has 232 valence electrons. The van der Waals surface area contributed by atoms with E-state index in [1.165, 1.54) is 5.01 Å². The van der Waals surface area contributed by atoms with E-state index in [-0.39, 0.29) is 17.7 Å². The van der Waals surface area contributed by atoms with Crippen molar-refractivity contribution < 1.29 is 23.9 Å². The number of amides is 2. The lowest BCUT2D eigenvalue weighted by atomic mass is 9.87. The molecule has 0 saturated carbocycles. The molecule has 4 rings (SSSR count). The molecule has 43 heavy (non-hydrogen) atoms. The molecule has 1 saturated heterocycles. The molecule has 0 radical (unpaired) electrons. The molecule has 1 aromatic carbocycles. The number of methoxy groups -OCH3 is 1. The molecule has 2 amide bonds. The highest BCUT2D eigenvalue weighted by Crippen LogP contribution is 2.29. The molecule has 1 aromatic heterocycles. The number of cyclic esters (lactones) is 1. The largest absolute Gasteiger partial charge is 0.455 e. The van der Waals surface area contributed by atoms with Crippen molar-refractivity contribution in [3.63, 3.8) is 0 Å². The molecule has 0 aliphatic carbocycles. The summed E-state index contributed by atoms with van der Waals surface area (Å²) in [6.45, 7) is 16.4. The van der Waals surface area contributed by atoms with E-state index in [1.807, 2.05) is 64.1 Å². The zero-order chi connectivity index (χ0) is 31.5. The third-order valence-corrected chi connectivity index (χ3v) is 8.15. The molecule has 2 aromatic rings. The molecule has 2 aliphatic heterocycles. The Morgan fingerprint density at radius 1 is 1.16 bits per heavy atom. The van der Waals surface area contributed by atoms with Crippen molar-refractivity contribution in [3.05, 3.63) is 59.4 Å². The molecule has 1 fully saturated rings. The van der Waals surface area contributed by atoms with Gasteiger partial charge in [-0.15, -0.1) is 0 Å². The van der Waals surface area contributed by atoms with Gasteiger partial charge in [0.2, 0.25) is 5.91 Å². The number of pyridine rings is 1. The summed E-state index contributed by atoms with van der Waals surface area (Å²) in [6, 6.07) is 5.91. The van der Waals surface area contributed by atoms with Crippen LogP contribution in [0, 0.1) is 11.3 Å². The van der Waals surface area contributed by atoms with Crippen LogP contribution in [0.15, 0.2) is 42.6 Å². The van der Waals surface area contributed by atoms with E-state index in [0.717, 1.165) is 22.0 Å². The second kappa shape index (κ2) is 13.3. The van der Waals surface area contributed by atoms with Gasteiger partial charge in [0.15, 0.2) is 0 Å². The minimum absolute atomic E-state index is 0.0709. The number of fused-ring (bicyclic) bond motifs is 4. The molecule has 3 N–H and O–H groups in total. The summed E-state index contributed by atoms with van der Waals surface area (Å²) in [4.78, 5) is 44.9. The fourth-order valence-corrected chi connectivity index (χ4v) is 5.31. The zero-order valence-electron chi connectivity index (χ0n) is 26.3. The Hall–Kier alpha value is -3.76. The highest BCUT2D eigenvalue weighted by molar-refractivity contribution is 5.90. The average molecular weight is 592 g/mol. The van der Waals surface area contributed by atoms with Gasteiger partial charge in [-0.1, -0.05) is 58.6 Å². The van der Waals surface area contributed by atoms with Crippen LogP contribution in [0.1, 0.15) is 77.3 Å². The van der Waals surface area contributed by atoms with Gasteiger partial charge in [0.1, 0.15) is 24.2 Å². The summed E-state index contributed by atoms with van der Waals surface area (Å²) >= 11 is 0. The predicted octanol–water partition coefficient (Wildman–Crippen LogP) is 4.17. The van der Waals surface area contributed by atoms with Crippen molar-refractivity contribution in [1.82, 2.24) is 26.1 Å². The molecule has 3 heterocycles. The Morgan fingerprint density at radius 2 is 1.91 bits per heavy atom. The summed E-state index contributed by atoms with van der Waals surface area (Å²) in [5.41, 5.74) is 6.36. The van der Waals surface area contributed by atoms with E-state index in [1.54, 1.807) is 21.0 Å². The lowest BCUT2D eigenvalue weighted by molar-refractivity contribution is -0.157. The number of carbonyl (C=O) groups is 3. The topological polar surface area (TPSA) is 122 Å². The summed E-state index contributed by atoms with van der Waals surface area (Å²) in [6.07, 6.45) is 4.52. The fraction of sp³-hybridized carbons (Fsp3) is 0.515. The zero-order valence-corrected chi connectivity index (χ0v) is 26.3. The van der Waals surface area contributed by atoms with Crippen LogP contribution in [0.5, 0.6) is 0 Å². The molecule has 0 unspecified atom stereocenters. The number of allylic oxidation sites excluding steroid dienone is 1. The summed E-state index contributed by atoms with van der Waals surface area (Å²) in [5, 5.41) is 8.53. The van der Waals surface area contributed by atoms with E-state index in [9.17, 15) is 14.4 Å². The first kappa shape index (κ1) is 32.2. The van der Waals surface area contributed by atoms with Crippen molar-refractivity contribution in [3.8, 4) is 0 Å². The number of hydrogen-bond acceptors (Lipinski definition) is 8. The number of ether oxygens (including phenoxy) is 2. The standard InChI is InChI=1S/C33H45N5O5/c1-19(2)28-30(39)34-20(3)31(40)38-15-9-10-26(37-38)32(41)43-21(4)29-25(18-42-8)17-24-12-11-23(16-27(24)36-29)13-14-33(6,7)22(5)35-28/h11-14,16-17,19-21,26,28,35,37H,5,9-10,15,18H2,1-4,6-8H3,(H,34,39)/b14-13+/t20-,21+,26-,28-/m0/s1. The molecule has 4 atom stereocenters. The van der Waals surface area contributed by atoms with Crippen LogP contribution in [0.25, 0.3) is 17.0 Å². The van der Waals surface area contributed by atoms with Crippen molar-refractivity contribution >= 4 is 34.8 Å². The SMILES string of the molecule is C=C1N[C@@H](C(C)C)C(=O)N[C@@H](C)C(=O)N2CCC[C@H](N2)C(=O)O[C@H](C)c2nc3cc(ccc3cc2COC)/C=C/C1(C)C. The minimum Gasteiger partial charge on any atom is -0.455 e. The van der Waals surface area contributed by atoms with Crippen LogP contribution in [-0.2, 0) is 30.5 Å². The predicted molar refractivity (Wildman–Crippen MR) is 166 cm³/mol. The molecule has 10 heteroatoms. The normalized spacial score (nSPS) is 26.2. The Bertz CT molecular complexity index is 1420. The van der Waals surface area contributed by atoms with Gasteiger partial charge in [-0.05, 0) is 50.3 Å². The van der Waals surface area contributed by atoms with E-state index < -0.39 is 35.6 Å². The number of carbonyl (C=O) groups excluding carboxylic acids is 3. The monoisotopic (exact) mass is 591 g/mol. The van der Waals surface area contributed by atoms with Gasteiger partial charge in [0, 0.05) is 35.7 Å². The van der Waals surface area contributed by atoms with Crippen LogP contribution in [0.3, 0.4) is 0 Å². The average Bonchev–Trinajstić information content (AvgIpc) is 2.97. The van der Waals surface area contributed by atoms with E-state index in [4.69, 9.17) is 14.5 Å². The van der Waals surface area contributed by atoms with Gasteiger partial charge >= 0.3 is 5.97 Å². The first-order chi connectivity index (χ1) is 20.3. The van der Waals surface area contributed by atoms with E-state index in [2.05, 4.69) is 22.6 Å². The Kier molecular flexibility index (Phi) is 9.92. The first-order valence-electron chi connectivity index (χ1n) is 15.0. The molecule has 0 spiro atoms.